The second kappa shape index (κ2) is 8.52. The Labute approximate surface area is 204 Å². The van der Waals surface area contributed by atoms with E-state index in [9.17, 15) is 25.2 Å². The predicted molar refractivity (Wildman–Crippen MR) is 130 cm³/mol. The molecular formula is C28H44O6. The number of fused-ring (bicyclic) bond motifs is 5. The minimum absolute atomic E-state index is 0.0832. The van der Waals surface area contributed by atoms with E-state index in [0.717, 1.165) is 18.4 Å². The van der Waals surface area contributed by atoms with Gasteiger partial charge in [-0.15, -0.1) is 0 Å². The first-order valence-corrected chi connectivity index (χ1v) is 13.0. The lowest BCUT2D eigenvalue weighted by Gasteiger charge is -2.57. The number of ether oxygens (including phenoxy) is 1. The fourth-order valence-electron chi connectivity index (χ4n) is 8.02. The molecule has 0 radical (unpaired) electrons. The van der Waals surface area contributed by atoms with E-state index in [1.807, 2.05) is 20.8 Å². The average molecular weight is 477 g/mol. The molecule has 2 saturated carbocycles. The predicted octanol–water partition coefficient (Wildman–Crippen LogP) is 3.31. The Kier molecular flexibility index (Phi) is 6.52. The molecule has 34 heavy (non-hydrogen) atoms. The molecule has 0 saturated heterocycles. The summed E-state index contributed by atoms with van der Waals surface area (Å²) in [5.41, 5.74) is -2.06. The lowest BCUT2D eigenvalue weighted by atomic mass is 9.49. The Morgan fingerprint density at radius 3 is 2.47 bits per heavy atom. The summed E-state index contributed by atoms with van der Waals surface area (Å²) in [5.74, 6) is -0.190. The van der Waals surface area contributed by atoms with Crippen LogP contribution < -0.4 is 0 Å². The van der Waals surface area contributed by atoms with Crippen molar-refractivity contribution >= 4 is 5.78 Å². The van der Waals surface area contributed by atoms with Gasteiger partial charge in [-0.2, -0.15) is 0 Å². The molecule has 0 aromatic rings. The van der Waals surface area contributed by atoms with Crippen LogP contribution in [-0.4, -0.2) is 62.8 Å². The van der Waals surface area contributed by atoms with Gasteiger partial charge in [0.15, 0.2) is 5.78 Å². The van der Waals surface area contributed by atoms with Crippen molar-refractivity contribution in [1.29, 1.82) is 0 Å². The molecule has 0 amide bonds. The molecule has 4 N–H and O–H groups in total. The summed E-state index contributed by atoms with van der Waals surface area (Å²) in [6.45, 7) is 10.2. The van der Waals surface area contributed by atoms with Gasteiger partial charge in [-0.25, -0.2) is 0 Å². The maximum atomic E-state index is 13.3. The van der Waals surface area contributed by atoms with E-state index in [-0.39, 0.29) is 24.2 Å². The molecule has 9 atom stereocenters. The van der Waals surface area contributed by atoms with E-state index < -0.39 is 40.2 Å². The van der Waals surface area contributed by atoms with Gasteiger partial charge in [0, 0.05) is 23.9 Å². The minimum Gasteiger partial charge on any atom is -0.390 e. The van der Waals surface area contributed by atoms with Crippen LogP contribution in [0.4, 0.5) is 0 Å². The van der Waals surface area contributed by atoms with Crippen LogP contribution in [0.15, 0.2) is 23.3 Å². The molecule has 0 spiro atoms. The summed E-state index contributed by atoms with van der Waals surface area (Å²) in [6.07, 6.45) is 5.49. The number of allylic oxidation sites excluding steroid dienone is 2. The Morgan fingerprint density at radius 1 is 1.18 bits per heavy atom. The van der Waals surface area contributed by atoms with Crippen LogP contribution in [0.2, 0.25) is 0 Å². The van der Waals surface area contributed by atoms with Gasteiger partial charge in [0.2, 0.25) is 0 Å². The first-order chi connectivity index (χ1) is 15.7. The number of hydrogen-bond donors (Lipinski definition) is 4. The van der Waals surface area contributed by atoms with E-state index in [1.54, 1.807) is 13.2 Å². The monoisotopic (exact) mass is 476 g/mol. The van der Waals surface area contributed by atoms with Crippen LogP contribution in [0.5, 0.6) is 0 Å². The Bertz CT molecular complexity index is 889. The number of aliphatic hydroxyl groups is 4. The number of methoxy groups -OCH3 is 1. The summed E-state index contributed by atoms with van der Waals surface area (Å²) in [4.78, 5) is 13.3. The van der Waals surface area contributed by atoms with Gasteiger partial charge < -0.3 is 25.2 Å². The topological polar surface area (TPSA) is 107 Å². The maximum absolute atomic E-state index is 13.3. The van der Waals surface area contributed by atoms with Crippen LogP contribution in [0.3, 0.4) is 0 Å². The Morgan fingerprint density at radius 2 is 1.85 bits per heavy atom. The average Bonchev–Trinajstić information content (AvgIpc) is 3.02. The molecule has 0 aromatic carbocycles. The molecule has 6 heteroatoms. The van der Waals surface area contributed by atoms with E-state index in [4.69, 9.17) is 4.74 Å². The van der Waals surface area contributed by atoms with Gasteiger partial charge in [0.05, 0.1) is 29.5 Å². The zero-order valence-electron chi connectivity index (χ0n) is 21.7. The fraction of sp³-hybridized carbons (Fsp3) is 0.821. The highest BCUT2D eigenvalue weighted by atomic mass is 16.5. The van der Waals surface area contributed by atoms with Crippen molar-refractivity contribution in [2.24, 2.45) is 28.6 Å². The van der Waals surface area contributed by atoms with Crippen molar-refractivity contribution in [2.45, 2.75) is 109 Å². The normalized spacial score (nSPS) is 44.5. The van der Waals surface area contributed by atoms with E-state index >= 15 is 0 Å². The van der Waals surface area contributed by atoms with Crippen LogP contribution in [0, 0.1) is 28.6 Å². The van der Waals surface area contributed by atoms with E-state index in [1.165, 1.54) is 0 Å². The third kappa shape index (κ3) is 3.59. The number of carbonyl (C=O) groups is 1. The van der Waals surface area contributed by atoms with Crippen molar-refractivity contribution in [1.82, 2.24) is 0 Å². The molecule has 0 aromatic heterocycles. The number of hydrogen-bond acceptors (Lipinski definition) is 6. The minimum atomic E-state index is -1.24. The first-order valence-electron chi connectivity index (χ1n) is 13.0. The molecule has 4 rings (SSSR count). The molecule has 0 heterocycles. The van der Waals surface area contributed by atoms with Crippen molar-refractivity contribution in [3.05, 3.63) is 23.3 Å². The van der Waals surface area contributed by atoms with Gasteiger partial charge in [0.25, 0.3) is 0 Å². The molecule has 6 nitrogen and oxygen atoms in total. The van der Waals surface area contributed by atoms with Gasteiger partial charge in [-0.3, -0.25) is 4.79 Å². The standard InChI is InChI=1S/C28H44O6/c1-16(2)7-8-24(34-6)27(5,32)23-10-12-28(33)18-13-20(29)19-14-21(30)22(31)15-25(19,3)17(18)9-11-26(23,28)4/h9,13,16,19,21-24,30-33H,7-8,10-12,14-15H2,1-6H3/t19?,21-,22+,23?,24-,25?,26?,27-,28-/m1/s1. The zero-order chi connectivity index (χ0) is 25.3. The van der Waals surface area contributed by atoms with Crippen molar-refractivity contribution < 1.29 is 30.0 Å². The van der Waals surface area contributed by atoms with Crippen molar-refractivity contribution in [2.75, 3.05) is 7.11 Å². The summed E-state index contributed by atoms with van der Waals surface area (Å²) >= 11 is 0. The molecular weight excluding hydrogens is 432 g/mol. The number of ketones is 1. The third-order valence-corrected chi connectivity index (χ3v) is 10.2. The van der Waals surface area contributed by atoms with Gasteiger partial charge in [0.1, 0.15) is 0 Å². The second-order valence-corrected chi connectivity index (χ2v) is 12.6. The summed E-state index contributed by atoms with van der Waals surface area (Å²) in [5, 5.41) is 44.8. The number of carbonyl (C=O) groups excluding carboxylic acids is 1. The molecule has 4 aliphatic carbocycles. The SMILES string of the molecule is CO[C@H](CCC(C)C)[C@](C)(O)C1CC[C@@]2(O)C3=CC(=O)C4C[C@@H](O)[C@@H](O)CC4(C)C3=CCC12C. The third-order valence-electron chi connectivity index (χ3n) is 10.2. The van der Waals surface area contributed by atoms with Crippen molar-refractivity contribution in [3.63, 3.8) is 0 Å². The lowest BCUT2D eigenvalue weighted by Crippen LogP contribution is -2.60. The zero-order valence-corrected chi connectivity index (χ0v) is 21.7. The van der Waals surface area contributed by atoms with E-state index in [2.05, 4.69) is 19.9 Å². The molecule has 192 valence electrons. The highest BCUT2D eigenvalue weighted by Gasteiger charge is 2.67. The summed E-state index contributed by atoms with van der Waals surface area (Å²) in [6, 6.07) is 0. The summed E-state index contributed by atoms with van der Waals surface area (Å²) < 4.78 is 5.80. The van der Waals surface area contributed by atoms with Crippen LogP contribution in [0.25, 0.3) is 0 Å². The fourth-order valence-corrected chi connectivity index (χ4v) is 8.02. The molecule has 0 bridgehead atoms. The second-order valence-electron chi connectivity index (χ2n) is 12.6. The quantitative estimate of drug-likeness (QED) is 0.469. The molecule has 2 fully saturated rings. The smallest absolute Gasteiger partial charge is 0.160 e. The number of rotatable bonds is 6. The lowest BCUT2D eigenvalue weighted by molar-refractivity contribution is -0.163. The van der Waals surface area contributed by atoms with Crippen molar-refractivity contribution in [3.8, 4) is 0 Å². The highest BCUT2D eigenvalue weighted by Crippen LogP contribution is 2.66. The van der Waals surface area contributed by atoms with Crippen LogP contribution >= 0.6 is 0 Å². The van der Waals surface area contributed by atoms with Gasteiger partial charge >= 0.3 is 0 Å². The first kappa shape index (κ1) is 26.0. The van der Waals surface area contributed by atoms with Gasteiger partial charge in [-0.1, -0.05) is 33.8 Å². The van der Waals surface area contributed by atoms with Crippen LogP contribution in [-0.2, 0) is 9.53 Å². The largest absolute Gasteiger partial charge is 0.390 e. The Hall–Kier alpha value is -1.05. The maximum Gasteiger partial charge on any atom is 0.160 e. The highest BCUT2D eigenvalue weighted by molar-refractivity contribution is 5.97. The van der Waals surface area contributed by atoms with Crippen LogP contribution in [0.1, 0.15) is 79.6 Å². The van der Waals surface area contributed by atoms with Gasteiger partial charge in [-0.05, 0) is 80.9 Å². The molecule has 4 unspecified atom stereocenters. The number of aliphatic hydroxyl groups excluding tert-OH is 2. The Balaban J connectivity index is 1.73. The van der Waals surface area contributed by atoms with E-state index in [0.29, 0.717) is 37.2 Å². The molecule has 0 aliphatic heterocycles. The summed E-state index contributed by atoms with van der Waals surface area (Å²) in [7, 11) is 1.65. The molecule has 4 aliphatic rings.